The van der Waals surface area contributed by atoms with E-state index in [0.29, 0.717) is 12.8 Å². The second-order valence-corrected chi connectivity index (χ2v) is 6.45. The number of anilines is 1. The number of nitrogens with zero attached hydrogens (tertiary/aromatic N) is 2. The molecular weight excluding hydrogens is 240 g/mol. The van der Waals surface area contributed by atoms with Gasteiger partial charge in [-0.15, -0.1) is 0 Å². The van der Waals surface area contributed by atoms with Gasteiger partial charge in [0.15, 0.2) is 0 Å². The van der Waals surface area contributed by atoms with Crippen molar-refractivity contribution in [1.29, 1.82) is 0 Å². The Morgan fingerprint density at radius 3 is 2.68 bits per heavy atom. The van der Waals surface area contributed by atoms with Gasteiger partial charge in [0, 0.05) is 25.6 Å². The molecular formula is C14H26N4O. The van der Waals surface area contributed by atoms with Crippen LogP contribution < -0.4 is 11.1 Å². The van der Waals surface area contributed by atoms with Gasteiger partial charge in [-0.25, -0.2) is 0 Å². The highest BCUT2D eigenvalue weighted by Crippen LogP contribution is 2.21. The van der Waals surface area contributed by atoms with Crippen molar-refractivity contribution >= 4 is 11.7 Å². The van der Waals surface area contributed by atoms with Crippen molar-refractivity contribution < 1.29 is 4.79 Å². The Kier molecular flexibility index (Phi) is 5.11. The van der Waals surface area contributed by atoms with Crippen LogP contribution in [0.3, 0.4) is 0 Å². The quantitative estimate of drug-likeness (QED) is 0.857. The van der Waals surface area contributed by atoms with Crippen molar-refractivity contribution in [3.63, 3.8) is 0 Å². The molecule has 1 atom stereocenters. The van der Waals surface area contributed by atoms with Crippen LogP contribution in [0.5, 0.6) is 0 Å². The van der Waals surface area contributed by atoms with E-state index in [4.69, 9.17) is 5.73 Å². The van der Waals surface area contributed by atoms with Gasteiger partial charge in [0.2, 0.25) is 5.91 Å². The van der Waals surface area contributed by atoms with Crippen molar-refractivity contribution in [3.05, 3.63) is 11.8 Å². The number of aryl methyl sites for hydroxylation is 1. The third-order valence-corrected chi connectivity index (χ3v) is 2.74. The first kappa shape index (κ1) is 15.7. The van der Waals surface area contributed by atoms with Gasteiger partial charge in [-0.05, 0) is 25.2 Å². The van der Waals surface area contributed by atoms with Gasteiger partial charge in [-0.2, -0.15) is 5.10 Å². The smallest absolute Gasteiger partial charge is 0.225 e. The van der Waals surface area contributed by atoms with Gasteiger partial charge in [0.1, 0.15) is 5.82 Å². The first-order chi connectivity index (χ1) is 8.67. The van der Waals surface area contributed by atoms with Crippen molar-refractivity contribution in [2.75, 3.05) is 5.32 Å². The van der Waals surface area contributed by atoms with Gasteiger partial charge in [-0.1, -0.05) is 20.8 Å². The van der Waals surface area contributed by atoms with Gasteiger partial charge >= 0.3 is 0 Å². The molecule has 1 heterocycles. The lowest BCUT2D eigenvalue weighted by Crippen LogP contribution is -2.20. The Hall–Kier alpha value is -1.36. The summed E-state index contributed by atoms with van der Waals surface area (Å²) in [5.41, 5.74) is 6.82. The topological polar surface area (TPSA) is 72.9 Å². The third-order valence-electron chi connectivity index (χ3n) is 2.74. The molecule has 0 aliphatic rings. The van der Waals surface area contributed by atoms with Gasteiger partial charge in [-0.3, -0.25) is 9.48 Å². The zero-order valence-electron chi connectivity index (χ0n) is 12.7. The minimum absolute atomic E-state index is 0.0115. The van der Waals surface area contributed by atoms with Gasteiger partial charge in [0.05, 0.1) is 5.69 Å². The molecule has 1 aromatic rings. The zero-order chi connectivity index (χ0) is 14.6. The van der Waals surface area contributed by atoms with Crippen LogP contribution in [0.1, 0.15) is 46.2 Å². The highest BCUT2D eigenvalue weighted by molar-refractivity contribution is 5.89. The maximum Gasteiger partial charge on any atom is 0.225 e. The Bertz CT molecular complexity index is 429. The average Bonchev–Trinajstić information content (AvgIpc) is 2.53. The van der Waals surface area contributed by atoms with E-state index in [0.717, 1.165) is 17.9 Å². The van der Waals surface area contributed by atoms with Crippen molar-refractivity contribution in [3.8, 4) is 0 Å². The summed E-state index contributed by atoms with van der Waals surface area (Å²) in [5.74, 6) is 0.733. The zero-order valence-corrected chi connectivity index (χ0v) is 12.7. The monoisotopic (exact) mass is 266 g/mol. The molecule has 1 unspecified atom stereocenters. The number of carbonyl (C=O) groups is 1. The fourth-order valence-corrected chi connectivity index (χ4v) is 1.84. The van der Waals surface area contributed by atoms with Crippen molar-refractivity contribution in [1.82, 2.24) is 9.78 Å². The molecule has 0 bridgehead atoms. The third kappa shape index (κ3) is 5.87. The average molecular weight is 266 g/mol. The fraction of sp³-hybridized carbons (Fsp3) is 0.714. The second kappa shape index (κ2) is 6.19. The van der Waals surface area contributed by atoms with Crippen LogP contribution >= 0.6 is 0 Å². The lowest BCUT2D eigenvalue weighted by Gasteiger charge is -2.15. The maximum atomic E-state index is 11.8. The number of aromatic nitrogens is 2. The van der Waals surface area contributed by atoms with Crippen molar-refractivity contribution in [2.45, 2.75) is 53.0 Å². The number of rotatable bonds is 5. The summed E-state index contributed by atoms with van der Waals surface area (Å²) in [6, 6.07) is 1.99. The molecule has 0 aliphatic carbocycles. The molecule has 0 spiro atoms. The molecule has 5 nitrogen and oxygen atoms in total. The number of hydrogen-bond donors (Lipinski definition) is 2. The number of hydrogen-bond acceptors (Lipinski definition) is 3. The normalized spacial score (nSPS) is 13.4. The minimum atomic E-state index is -0.0115. The lowest BCUT2D eigenvalue weighted by atomic mass is 9.91. The van der Waals surface area contributed by atoms with Crippen LogP contribution in [0.2, 0.25) is 0 Å². The molecule has 1 rings (SSSR count). The summed E-state index contributed by atoms with van der Waals surface area (Å²) < 4.78 is 1.71. The van der Waals surface area contributed by atoms with Crippen LogP contribution in [0.4, 0.5) is 5.82 Å². The highest BCUT2D eigenvalue weighted by atomic mass is 16.1. The van der Waals surface area contributed by atoms with E-state index in [1.165, 1.54) is 0 Å². The first-order valence-corrected chi connectivity index (χ1v) is 6.76. The van der Waals surface area contributed by atoms with Crippen LogP contribution in [-0.2, 0) is 18.3 Å². The van der Waals surface area contributed by atoms with Crippen molar-refractivity contribution in [2.24, 2.45) is 18.2 Å². The molecule has 0 saturated heterocycles. The number of amides is 1. The molecule has 0 fully saturated rings. The summed E-state index contributed by atoms with van der Waals surface area (Å²) in [7, 11) is 1.84. The molecule has 19 heavy (non-hydrogen) atoms. The van der Waals surface area contributed by atoms with E-state index in [1.807, 2.05) is 20.0 Å². The van der Waals surface area contributed by atoms with E-state index in [1.54, 1.807) is 4.68 Å². The minimum Gasteiger partial charge on any atom is -0.328 e. The molecule has 5 heteroatoms. The summed E-state index contributed by atoms with van der Waals surface area (Å²) in [5, 5.41) is 7.30. The molecule has 0 radical (unpaired) electrons. The fourth-order valence-electron chi connectivity index (χ4n) is 1.84. The molecule has 0 aromatic carbocycles. The summed E-state index contributed by atoms with van der Waals surface area (Å²) >= 11 is 0. The highest BCUT2D eigenvalue weighted by Gasteiger charge is 2.15. The maximum absolute atomic E-state index is 11.8. The van der Waals surface area contributed by atoms with Gasteiger partial charge < -0.3 is 11.1 Å². The first-order valence-electron chi connectivity index (χ1n) is 6.76. The van der Waals surface area contributed by atoms with Crippen LogP contribution in [-0.4, -0.2) is 21.7 Å². The lowest BCUT2D eigenvalue weighted by molar-refractivity contribution is -0.116. The molecule has 1 aromatic heterocycles. The molecule has 0 saturated carbocycles. The SMILES string of the molecule is CC(N)CCC(=O)Nc1cc(CC(C)(C)C)nn1C. The molecule has 108 valence electrons. The summed E-state index contributed by atoms with van der Waals surface area (Å²) in [6.45, 7) is 8.41. The molecule has 3 N–H and O–H groups in total. The van der Waals surface area contributed by atoms with E-state index in [9.17, 15) is 4.79 Å². The predicted molar refractivity (Wildman–Crippen MR) is 77.9 cm³/mol. The molecule has 1 amide bonds. The Morgan fingerprint density at radius 2 is 2.16 bits per heavy atom. The summed E-state index contributed by atoms with van der Waals surface area (Å²) in [4.78, 5) is 11.8. The standard InChI is InChI=1S/C14H26N4O/c1-10(15)6-7-13(19)16-12-8-11(17-18(12)5)9-14(2,3)4/h8,10H,6-7,9,15H2,1-5H3,(H,16,19). The number of nitrogens with two attached hydrogens (primary N) is 1. The summed E-state index contributed by atoms with van der Waals surface area (Å²) in [6.07, 6.45) is 2.02. The number of nitrogens with one attached hydrogen (secondary N) is 1. The van der Waals surface area contributed by atoms with Crippen LogP contribution in [0.25, 0.3) is 0 Å². The van der Waals surface area contributed by atoms with E-state index < -0.39 is 0 Å². The van der Waals surface area contributed by atoms with E-state index >= 15 is 0 Å². The predicted octanol–water partition coefficient (Wildman–Crippen LogP) is 2.07. The van der Waals surface area contributed by atoms with Gasteiger partial charge in [0.25, 0.3) is 0 Å². The Morgan fingerprint density at radius 1 is 1.53 bits per heavy atom. The van der Waals surface area contributed by atoms with E-state index in [-0.39, 0.29) is 17.4 Å². The van der Waals surface area contributed by atoms with E-state index in [2.05, 4.69) is 31.2 Å². The Balaban J connectivity index is 2.61. The molecule has 0 aliphatic heterocycles. The largest absolute Gasteiger partial charge is 0.328 e. The number of carbonyl (C=O) groups excluding carboxylic acids is 1. The van der Waals surface area contributed by atoms with Crippen LogP contribution in [0.15, 0.2) is 6.07 Å². The second-order valence-electron chi connectivity index (χ2n) is 6.45. The van der Waals surface area contributed by atoms with Crippen LogP contribution in [0, 0.1) is 5.41 Å². The Labute approximate surface area is 115 Å².